The first-order chi connectivity index (χ1) is 17.6. The van der Waals surface area contributed by atoms with Gasteiger partial charge in [0.05, 0.1) is 30.1 Å². The van der Waals surface area contributed by atoms with E-state index in [9.17, 15) is 24.6 Å². The summed E-state index contributed by atoms with van der Waals surface area (Å²) < 4.78 is 6.46. The van der Waals surface area contributed by atoms with E-state index in [0.29, 0.717) is 24.9 Å². The average Bonchev–Trinajstić information content (AvgIpc) is 3.45. The van der Waals surface area contributed by atoms with Gasteiger partial charge in [-0.3, -0.25) is 14.4 Å². The molecule has 3 saturated heterocycles. The molecular formula is C28H39N3O6. The van der Waals surface area contributed by atoms with Gasteiger partial charge in [0.25, 0.3) is 5.91 Å². The molecule has 6 atom stereocenters. The highest BCUT2D eigenvalue weighted by atomic mass is 16.5. The number of carboxylic acid groups (broad SMARTS) is 1. The van der Waals surface area contributed by atoms with Crippen LogP contribution >= 0.6 is 0 Å². The van der Waals surface area contributed by atoms with Crippen LogP contribution in [0.5, 0.6) is 0 Å². The number of aliphatic carboxylic acids is 1. The Morgan fingerprint density at radius 1 is 1.19 bits per heavy atom. The lowest BCUT2D eigenvalue weighted by atomic mass is 9.66. The van der Waals surface area contributed by atoms with Crippen LogP contribution < -0.4 is 9.80 Å². The van der Waals surface area contributed by atoms with Gasteiger partial charge >= 0.3 is 5.97 Å². The normalized spacial score (nSPS) is 30.8. The molecule has 2 N–H and O–H groups in total. The minimum absolute atomic E-state index is 0.207. The number of aliphatic hydroxyl groups is 1. The zero-order chi connectivity index (χ0) is 27.1. The van der Waals surface area contributed by atoms with Gasteiger partial charge in [0.1, 0.15) is 11.6 Å². The number of rotatable bonds is 11. The number of fused-ring (bicyclic) bond motifs is 1. The third-order valence-corrected chi connectivity index (χ3v) is 8.66. The Bertz CT molecular complexity index is 1050. The van der Waals surface area contributed by atoms with Crippen molar-refractivity contribution in [3.05, 3.63) is 36.9 Å². The summed E-state index contributed by atoms with van der Waals surface area (Å²) in [7, 11) is 0. The number of nitrogens with zero attached hydrogens (tertiary/aromatic N) is 3. The van der Waals surface area contributed by atoms with Gasteiger partial charge in [-0.2, -0.15) is 0 Å². The van der Waals surface area contributed by atoms with Crippen LogP contribution in [-0.4, -0.2) is 82.4 Å². The summed E-state index contributed by atoms with van der Waals surface area (Å²) in [4.78, 5) is 45.9. The van der Waals surface area contributed by atoms with Crippen LogP contribution in [0.25, 0.3) is 0 Å². The molecule has 1 spiro atoms. The summed E-state index contributed by atoms with van der Waals surface area (Å²) in [5.41, 5.74) is -0.585. The number of carbonyl (C=O) groups excluding carboxylic acids is 2. The predicted molar refractivity (Wildman–Crippen MR) is 140 cm³/mol. The largest absolute Gasteiger partial charge is 0.481 e. The van der Waals surface area contributed by atoms with Gasteiger partial charge in [0, 0.05) is 31.0 Å². The fourth-order valence-corrected chi connectivity index (χ4v) is 6.86. The molecule has 0 aromatic heterocycles. The Balaban J connectivity index is 1.79. The van der Waals surface area contributed by atoms with Crippen molar-refractivity contribution in [3.63, 3.8) is 0 Å². The summed E-state index contributed by atoms with van der Waals surface area (Å²) in [5, 5.41) is 20.2. The van der Waals surface area contributed by atoms with Crippen molar-refractivity contribution in [2.24, 2.45) is 11.8 Å². The summed E-state index contributed by atoms with van der Waals surface area (Å²) in [6, 6.07) is 6.02. The summed E-state index contributed by atoms with van der Waals surface area (Å²) in [6.07, 6.45) is 2.90. The second-order valence-corrected chi connectivity index (χ2v) is 10.5. The van der Waals surface area contributed by atoms with E-state index in [1.165, 1.54) is 4.90 Å². The van der Waals surface area contributed by atoms with Crippen LogP contribution in [0, 0.1) is 11.8 Å². The lowest BCUT2D eigenvalue weighted by molar-refractivity contribution is -0.155. The van der Waals surface area contributed by atoms with E-state index in [4.69, 9.17) is 4.74 Å². The minimum atomic E-state index is -1.25. The van der Waals surface area contributed by atoms with Crippen LogP contribution in [0.2, 0.25) is 0 Å². The number of anilines is 2. The molecule has 3 aliphatic rings. The summed E-state index contributed by atoms with van der Waals surface area (Å²) >= 11 is 0. The van der Waals surface area contributed by atoms with E-state index >= 15 is 0 Å². The second-order valence-electron chi connectivity index (χ2n) is 10.5. The molecule has 37 heavy (non-hydrogen) atoms. The molecule has 2 unspecified atom stereocenters. The molecule has 2 amide bonds. The van der Waals surface area contributed by atoms with E-state index in [1.54, 1.807) is 17.9 Å². The van der Waals surface area contributed by atoms with Gasteiger partial charge in [-0.05, 0) is 64.3 Å². The van der Waals surface area contributed by atoms with Crippen LogP contribution in [0.3, 0.4) is 0 Å². The topological polar surface area (TPSA) is 111 Å². The molecule has 4 rings (SSSR count). The van der Waals surface area contributed by atoms with E-state index < -0.39 is 47.0 Å². The maximum absolute atomic E-state index is 14.4. The molecule has 1 aromatic rings. The molecule has 2 bridgehead atoms. The van der Waals surface area contributed by atoms with Gasteiger partial charge in [-0.1, -0.05) is 13.0 Å². The molecule has 0 saturated carbocycles. The first kappa shape index (κ1) is 27.1. The van der Waals surface area contributed by atoms with Gasteiger partial charge < -0.3 is 29.6 Å². The second kappa shape index (κ2) is 10.1. The van der Waals surface area contributed by atoms with Crippen molar-refractivity contribution >= 4 is 29.2 Å². The number of hydrogen-bond acceptors (Lipinski definition) is 6. The number of likely N-dealkylation sites (tertiary alicyclic amines) is 1. The van der Waals surface area contributed by atoms with Gasteiger partial charge in [0.15, 0.2) is 0 Å². The van der Waals surface area contributed by atoms with Crippen molar-refractivity contribution in [2.75, 3.05) is 36.0 Å². The van der Waals surface area contributed by atoms with Gasteiger partial charge in [0.2, 0.25) is 5.91 Å². The standard InChI is InChI=1S/C28H39N3O6/c1-6-16-30(20-12-10-19(11-13-20)29(8-3)9-4)25(34)23-28-15-14-27(5,37-28)22(26(35)36)21(28)24(33)31(23)18(7-2)17-32/h6,10-13,18,21-23,32H,1,7-9,14-17H2,2-5H3,(H,35,36)/t18-,21-,22+,23?,27-,28?/m0/s1. The molecule has 202 valence electrons. The zero-order valence-corrected chi connectivity index (χ0v) is 22.2. The molecule has 3 aliphatic heterocycles. The first-order valence-corrected chi connectivity index (χ1v) is 13.3. The molecule has 1 aromatic carbocycles. The highest BCUT2D eigenvalue weighted by Gasteiger charge is 2.78. The first-order valence-electron chi connectivity index (χ1n) is 13.3. The van der Waals surface area contributed by atoms with Crippen molar-refractivity contribution in [2.45, 2.75) is 70.2 Å². The van der Waals surface area contributed by atoms with E-state index in [2.05, 4.69) is 25.3 Å². The molecule has 0 radical (unpaired) electrons. The quantitative estimate of drug-likeness (QED) is 0.438. The molecule has 0 aliphatic carbocycles. The Morgan fingerprint density at radius 3 is 2.32 bits per heavy atom. The molecule has 3 fully saturated rings. The van der Waals surface area contributed by atoms with E-state index in [1.807, 2.05) is 31.2 Å². The Hall–Kier alpha value is -2.91. The van der Waals surface area contributed by atoms with Gasteiger partial charge in [-0.25, -0.2) is 0 Å². The smallest absolute Gasteiger partial charge is 0.310 e. The molecule has 9 nitrogen and oxygen atoms in total. The maximum atomic E-state index is 14.4. The number of hydrogen-bond donors (Lipinski definition) is 2. The van der Waals surface area contributed by atoms with Gasteiger partial charge in [-0.15, -0.1) is 6.58 Å². The van der Waals surface area contributed by atoms with Crippen LogP contribution in [0.1, 0.15) is 47.0 Å². The predicted octanol–water partition coefficient (Wildman–Crippen LogP) is 2.67. The number of benzene rings is 1. The Kier molecular flexibility index (Phi) is 7.41. The SMILES string of the molecule is C=CCN(C(=O)C1N([C@@H](CC)CO)C(=O)[C@@H]2[C@H](C(=O)O)[C@]3(C)CCC12O3)c1ccc(N(CC)CC)cc1. The number of carbonyl (C=O) groups is 3. The highest BCUT2D eigenvalue weighted by molar-refractivity contribution is 6.05. The van der Waals surface area contributed by atoms with Crippen molar-refractivity contribution < 1.29 is 29.3 Å². The monoisotopic (exact) mass is 513 g/mol. The van der Waals surface area contributed by atoms with Crippen LogP contribution in [0.15, 0.2) is 36.9 Å². The third-order valence-electron chi connectivity index (χ3n) is 8.66. The van der Waals surface area contributed by atoms with E-state index in [0.717, 1.165) is 18.8 Å². The number of ether oxygens (including phenoxy) is 1. The third kappa shape index (κ3) is 4.03. The number of carboxylic acids is 1. The number of amides is 2. The molecular weight excluding hydrogens is 474 g/mol. The Labute approximate surface area is 218 Å². The average molecular weight is 514 g/mol. The molecule has 9 heteroatoms. The fourth-order valence-electron chi connectivity index (χ4n) is 6.86. The maximum Gasteiger partial charge on any atom is 0.310 e. The minimum Gasteiger partial charge on any atom is -0.481 e. The van der Waals surface area contributed by atoms with E-state index in [-0.39, 0.29) is 19.1 Å². The Morgan fingerprint density at radius 2 is 1.81 bits per heavy atom. The van der Waals surface area contributed by atoms with Crippen LogP contribution in [-0.2, 0) is 19.1 Å². The van der Waals surface area contributed by atoms with Crippen molar-refractivity contribution in [3.8, 4) is 0 Å². The summed E-state index contributed by atoms with van der Waals surface area (Å²) in [5.74, 6) is -3.90. The molecule has 3 heterocycles. The van der Waals surface area contributed by atoms with Crippen LogP contribution in [0.4, 0.5) is 11.4 Å². The highest BCUT2D eigenvalue weighted by Crippen LogP contribution is 2.63. The lowest BCUT2D eigenvalue weighted by Gasteiger charge is -2.39. The van der Waals surface area contributed by atoms with Crippen molar-refractivity contribution in [1.29, 1.82) is 0 Å². The summed E-state index contributed by atoms with van der Waals surface area (Å²) in [6.45, 7) is 13.2. The number of aliphatic hydroxyl groups excluding tert-OH is 1. The zero-order valence-electron chi connectivity index (χ0n) is 22.2. The lowest BCUT2D eigenvalue weighted by Crippen LogP contribution is -2.59. The van der Waals surface area contributed by atoms with Crippen molar-refractivity contribution in [1.82, 2.24) is 4.90 Å². The fraction of sp³-hybridized carbons (Fsp3) is 0.607.